The Morgan fingerprint density at radius 3 is 3.06 bits per heavy atom. The minimum absolute atomic E-state index is 0.0308. The summed E-state index contributed by atoms with van der Waals surface area (Å²) in [6.07, 6.45) is 4.25. The van der Waals surface area contributed by atoms with Crippen molar-refractivity contribution in [2.75, 3.05) is 18.5 Å². The largest absolute Gasteiger partial charge is 0.381 e. The standard InChI is InChI=1S/C12H21N3O2/c1-3-5-9-15-11(6-8-13-15)14-12(16)7-10-17-4-2/h6,8H,3-5,7,9-10H2,1-2H3,(H,14,16). The molecule has 5 nitrogen and oxygen atoms in total. The molecule has 1 rings (SSSR count). The van der Waals surface area contributed by atoms with E-state index in [0.717, 1.165) is 25.2 Å². The number of amides is 1. The van der Waals surface area contributed by atoms with Crippen molar-refractivity contribution < 1.29 is 9.53 Å². The Hall–Kier alpha value is -1.36. The first-order valence-electron chi connectivity index (χ1n) is 6.17. The van der Waals surface area contributed by atoms with Gasteiger partial charge < -0.3 is 10.1 Å². The minimum Gasteiger partial charge on any atom is -0.381 e. The van der Waals surface area contributed by atoms with Crippen molar-refractivity contribution in [2.24, 2.45) is 0 Å². The molecule has 0 saturated heterocycles. The summed E-state index contributed by atoms with van der Waals surface area (Å²) in [5.41, 5.74) is 0. The second-order valence-electron chi connectivity index (χ2n) is 3.79. The third-order valence-electron chi connectivity index (χ3n) is 2.39. The monoisotopic (exact) mass is 239 g/mol. The Morgan fingerprint density at radius 1 is 1.53 bits per heavy atom. The SMILES string of the molecule is CCCCn1nccc1NC(=O)CCOCC. The maximum Gasteiger partial charge on any atom is 0.227 e. The van der Waals surface area contributed by atoms with Crippen molar-refractivity contribution >= 4 is 11.7 Å². The highest BCUT2D eigenvalue weighted by Gasteiger charge is 2.06. The zero-order valence-electron chi connectivity index (χ0n) is 10.6. The van der Waals surface area contributed by atoms with Crippen LogP contribution in [0.4, 0.5) is 5.82 Å². The van der Waals surface area contributed by atoms with E-state index in [-0.39, 0.29) is 5.91 Å². The smallest absolute Gasteiger partial charge is 0.227 e. The lowest BCUT2D eigenvalue weighted by atomic mass is 10.3. The Balaban J connectivity index is 2.39. The van der Waals surface area contributed by atoms with Crippen molar-refractivity contribution in [3.05, 3.63) is 12.3 Å². The molecule has 1 aromatic heterocycles. The first-order valence-corrected chi connectivity index (χ1v) is 6.17. The number of ether oxygens (including phenoxy) is 1. The summed E-state index contributed by atoms with van der Waals surface area (Å²) in [5, 5.41) is 7.01. The molecule has 1 amide bonds. The van der Waals surface area contributed by atoms with Crippen LogP contribution in [0.2, 0.25) is 0 Å². The Morgan fingerprint density at radius 2 is 2.35 bits per heavy atom. The van der Waals surface area contributed by atoms with Crippen molar-refractivity contribution in [2.45, 2.75) is 39.7 Å². The molecule has 0 aliphatic rings. The molecular weight excluding hydrogens is 218 g/mol. The number of aryl methyl sites for hydroxylation is 1. The fourth-order valence-electron chi connectivity index (χ4n) is 1.44. The molecule has 0 unspecified atom stereocenters. The lowest BCUT2D eigenvalue weighted by molar-refractivity contribution is -0.117. The molecule has 0 bridgehead atoms. The first-order chi connectivity index (χ1) is 8.27. The molecule has 0 saturated carbocycles. The van der Waals surface area contributed by atoms with Crippen LogP contribution in [0.5, 0.6) is 0 Å². The van der Waals surface area contributed by atoms with E-state index < -0.39 is 0 Å². The second-order valence-corrected chi connectivity index (χ2v) is 3.79. The number of nitrogens with one attached hydrogen (secondary N) is 1. The molecule has 1 heterocycles. The predicted molar refractivity (Wildman–Crippen MR) is 66.9 cm³/mol. The lowest BCUT2D eigenvalue weighted by Gasteiger charge is -2.08. The van der Waals surface area contributed by atoms with Gasteiger partial charge in [-0.15, -0.1) is 0 Å². The van der Waals surface area contributed by atoms with Crippen LogP contribution >= 0.6 is 0 Å². The highest BCUT2D eigenvalue weighted by molar-refractivity contribution is 5.89. The van der Waals surface area contributed by atoms with Crippen molar-refractivity contribution in [3.63, 3.8) is 0 Å². The third kappa shape index (κ3) is 4.99. The normalized spacial score (nSPS) is 10.5. The Bertz CT molecular complexity index is 336. The minimum atomic E-state index is -0.0308. The van der Waals surface area contributed by atoms with E-state index >= 15 is 0 Å². The Kier molecular flexibility index (Phi) is 6.32. The summed E-state index contributed by atoms with van der Waals surface area (Å²) < 4.78 is 6.96. The van der Waals surface area contributed by atoms with Crippen LogP contribution in [-0.2, 0) is 16.1 Å². The molecule has 17 heavy (non-hydrogen) atoms. The van der Waals surface area contributed by atoms with Gasteiger partial charge in [0.15, 0.2) is 0 Å². The van der Waals surface area contributed by atoms with Crippen LogP contribution in [0.15, 0.2) is 12.3 Å². The highest BCUT2D eigenvalue weighted by Crippen LogP contribution is 2.08. The fourth-order valence-corrected chi connectivity index (χ4v) is 1.44. The first kappa shape index (κ1) is 13.7. The third-order valence-corrected chi connectivity index (χ3v) is 2.39. The number of nitrogens with zero attached hydrogens (tertiary/aromatic N) is 2. The number of aromatic nitrogens is 2. The van der Waals surface area contributed by atoms with Gasteiger partial charge in [-0.1, -0.05) is 13.3 Å². The fraction of sp³-hybridized carbons (Fsp3) is 0.667. The summed E-state index contributed by atoms with van der Waals surface area (Å²) in [7, 11) is 0. The second kappa shape index (κ2) is 7.84. The van der Waals surface area contributed by atoms with Gasteiger partial charge in [0.05, 0.1) is 19.2 Å². The molecule has 0 atom stereocenters. The number of unbranched alkanes of at least 4 members (excludes halogenated alkanes) is 1. The molecule has 0 aromatic carbocycles. The summed E-state index contributed by atoms with van der Waals surface area (Å²) in [5.74, 6) is 0.733. The van der Waals surface area contributed by atoms with Crippen LogP contribution in [0.25, 0.3) is 0 Å². The zero-order valence-corrected chi connectivity index (χ0v) is 10.6. The average Bonchev–Trinajstić information content (AvgIpc) is 2.74. The summed E-state index contributed by atoms with van der Waals surface area (Å²) in [4.78, 5) is 11.6. The van der Waals surface area contributed by atoms with E-state index in [9.17, 15) is 4.79 Å². The van der Waals surface area contributed by atoms with E-state index in [2.05, 4.69) is 17.3 Å². The molecule has 0 radical (unpaired) electrons. The summed E-state index contributed by atoms with van der Waals surface area (Å²) >= 11 is 0. The summed E-state index contributed by atoms with van der Waals surface area (Å²) in [6.45, 7) is 5.99. The Labute approximate surface area is 102 Å². The molecule has 1 N–H and O–H groups in total. The summed E-state index contributed by atoms with van der Waals surface area (Å²) in [6, 6.07) is 1.81. The van der Waals surface area contributed by atoms with Crippen molar-refractivity contribution in [1.29, 1.82) is 0 Å². The van der Waals surface area contributed by atoms with E-state index in [1.54, 1.807) is 6.20 Å². The van der Waals surface area contributed by atoms with E-state index in [1.165, 1.54) is 0 Å². The van der Waals surface area contributed by atoms with Crippen molar-refractivity contribution in [1.82, 2.24) is 9.78 Å². The molecule has 0 aliphatic carbocycles. The van der Waals surface area contributed by atoms with E-state index in [0.29, 0.717) is 19.6 Å². The number of carbonyl (C=O) groups is 1. The average molecular weight is 239 g/mol. The van der Waals surface area contributed by atoms with Crippen molar-refractivity contribution in [3.8, 4) is 0 Å². The van der Waals surface area contributed by atoms with Crippen LogP contribution in [0, 0.1) is 0 Å². The van der Waals surface area contributed by atoms with Gasteiger partial charge in [-0.25, -0.2) is 4.68 Å². The van der Waals surface area contributed by atoms with Gasteiger partial charge in [0.25, 0.3) is 0 Å². The number of hydrogen-bond donors (Lipinski definition) is 1. The van der Waals surface area contributed by atoms with Gasteiger partial charge in [0, 0.05) is 19.2 Å². The van der Waals surface area contributed by atoms with Crippen LogP contribution in [-0.4, -0.2) is 28.9 Å². The number of anilines is 1. The van der Waals surface area contributed by atoms with Gasteiger partial charge in [-0.3, -0.25) is 4.79 Å². The van der Waals surface area contributed by atoms with Crippen LogP contribution in [0.3, 0.4) is 0 Å². The number of carbonyl (C=O) groups excluding carboxylic acids is 1. The number of hydrogen-bond acceptors (Lipinski definition) is 3. The maximum absolute atomic E-state index is 11.6. The van der Waals surface area contributed by atoms with E-state index in [1.807, 2.05) is 17.7 Å². The molecule has 0 spiro atoms. The lowest BCUT2D eigenvalue weighted by Crippen LogP contribution is -2.17. The highest BCUT2D eigenvalue weighted by atomic mass is 16.5. The predicted octanol–water partition coefficient (Wildman–Crippen LogP) is 2.05. The number of rotatable bonds is 8. The molecular formula is C12H21N3O2. The van der Waals surface area contributed by atoms with Crippen LogP contribution < -0.4 is 5.32 Å². The molecule has 5 heteroatoms. The van der Waals surface area contributed by atoms with E-state index in [4.69, 9.17) is 4.74 Å². The van der Waals surface area contributed by atoms with Gasteiger partial charge >= 0.3 is 0 Å². The molecule has 0 aliphatic heterocycles. The molecule has 96 valence electrons. The van der Waals surface area contributed by atoms with Gasteiger partial charge in [-0.2, -0.15) is 5.10 Å². The molecule has 1 aromatic rings. The van der Waals surface area contributed by atoms with Gasteiger partial charge in [0.2, 0.25) is 5.91 Å². The van der Waals surface area contributed by atoms with Crippen LogP contribution in [0.1, 0.15) is 33.1 Å². The zero-order chi connectivity index (χ0) is 12.5. The quantitative estimate of drug-likeness (QED) is 0.706. The maximum atomic E-state index is 11.6. The van der Waals surface area contributed by atoms with Gasteiger partial charge in [-0.05, 0) is 13.3 Å². The molecule has 0 fully saturated rings. The van der Waals surface area contributed by atoms with Gasteiger partial charge in [0.1, 0.15) is 5.82 Å². The topological polar surface area (TPSA) is 56.2 Å².